The number of halogens is 2. The first-order valence-corrected chi connectivity index (χ1v) is 6.59. The minimum atomic E-state index is -0.561. The maximum absolute atomic E-state index is 11.1. The third kappa shape index (κ3) is 2.90. The van der Waals surface area contributed by atoms with E-state index in [4.69, 9.17) is 16.9 Å². The Balaban J connectivity index is 2.51. The molecule has 0 aliphatic rings. The highest BCUT2D eigenvalue weighted by Crippen LogP contribution is 2.35. The number of rotatable bonds is 3. The number of nitriles is 1. The highest BCUT2D eigenvalue weighted by Gasteiger charge is 2.19. The largest absolute Gasteiger partial charge is 0.349 e. The molecule has 2 aromatic carbocycles. The molecule has 2 aromatic rings. The van der Waals surface area contributed by atoms with Gasteiger partial charge in [-0.2, -0.15) is 5.26 Å². The predicted molar refractivity (Wildman–Crippen MR) is 80.2 cm³/mol. The van der Waals surface area contributed by atoms with Crippen LogP contribution in [0.15, 0.2) is 40.9 Å². The summed E-state index contributed by atoms with van der Waals surface area (Å²) in [5.74, 6) is 0. The van der Waals surface area contributed by atoms with Gasteiger partial charge in [-0.3, -0.25) is 10.1 Å². The molecule has 0 bridgehead atoms. The molecule has 0 fully saturated rings. The van der Waals surface area contributed by atoms with Crippen molar-refractivity contribution in [2.24, 2.45) is 0 Å². The Kier molecular flexibility index (Phi) is 4.23. The van der Waals surface area contributed by atoms with E-state index in [9.17, 15) is 10.1 Å². The van der Waals surface area contributed by atoms with E-state index in [1.54, 1.807) is 24.3 Å². The van der Waals surface area contributed by atoms with Crippen molar-refractivity contribution in [3.8, 4) is 6.07 Å². The molecule has 0 amide bonds. The molecule has 0 unspecified atom stereocenters. The lowest BCUT2D eigenvalue weighted by atomic mass is 10.2. The average molecular weight is 353 g/mol. The Labute approximate surface area is 128 Å². The highest BCUT2D eigenvalue weighted by molar-refractivity contribution is 9.10. The van der Waals surface area contributed by atoms with Crippen LogP contribution in [0.4, 0.5) is 17.1 Å². The van der Waals surface area contributed by atoms with Crippen molar-refractivity contribution in [1.82, 2.24) is 0 Å². The molecule has 0 aliphatic carbocycles. The molecule has 0 heterocycles. The highest BCUT2D eigenvalue weighted by atomic mass is 79.9. The topological polar surface area (TPSA) is 79.0 Å². The number of nitro benzene ring substituents is 1. The average Bonchev–Trinajstić information content (AvgIpc) is 2.38. The minimum Gasteiger partial charge on any atom is -0.349 e. The molecule has 0 aliphatic heterocycles. The van der Waals surface area contributed by atoms with Gasteiger partial charge in [-0.05, 0) is 30.3 Å². The van der Waals surface area contributed by atoms with Crippen LogP contribution in [0.25, 0.3) is 0 Å². The van der Waals surface area contributed by atoms with Crippen LogP contribution in [0.2, 0.25) is 5.02 Å². The molecule has 7 heteroatoms. The van der Waals surface area contributed by atoms with Gasteiger partial charge in [0, 0.05) is 4.47 Å². The summed E-state index contributed by atoms with van der Waals surface area (Å²) >= 11 is 9.13. The molecule has 0 atom stereocenters. The number of nitro groups is 1. The monoisotopic (exact) mass is 351 g/mol. The third-order valence-corrected chi connectivity index (χ3v) is 3.34. The van der Waals surface area contributed by atoms with Crippen LogP contribution in [0, 0.1) is 21.4 Å². The molecule has 5 nitrogen and oxygen atoms in total. The van der Waals surface area contributed by atoms with Crippen molar-refractivity contribution in [1.29, 1.82) is 5.26 Å². The van der Waals surface area contributed by atoms with Crippen molar-refractivity contribution in [3.63, 3.8) is 0 Å². The fourth-order valence-corrected chi connectivity index (χ4v) is 2.27. The number of hydrogen-bond acceptors (Lipinski definition) is 4. The number of benzene rings is 2. The zero-order chi connectivity index (χ0) is 14.7. The summed E-state index contributed by atoms with van der Waals surface area (Å²) < 4.78 is 0.753. The molecule has 0 spiro atoms. The van der Waals surface area contributed by atoms with Gasteiger partial charge in [-0.1, -0.05) is 33.6 Å². The lowest BCUT2D eigenvalue weighted by molar-refractivity contribution is -0.383. The quantitative estimate of drug-likeness (QED) is 0.645. The van der Waals surface area contributed by atoms with Crippen LogP contribution < -0.4 is 5.32 Å². The number of nitrogens with zero attached hydrogens (tertiary/aromatic N) is 2. The summed E-state index contributed by atoms with van der Waals surface area (Å²) in [6.45, 7) is 0. The van der Waals surface area contributed by atoms with Gasteiger partial charge in [0.2, 0.25) is 0 Å². The Hall–Kier alpha value is -2.10. The Bertz CT molecular complexity index is 728. The molecular formula is C13H7BrClN3O2. The Morgan fingerprint density at radius 2 is 2.05 bits per heavy atom. The zero-order valence-corrected chi connectivity index (χ0v) is 12.3. The van der Waals surface area contributed by atoms with Gasteiger partial charge in [0.25, 0.3) is 0 Å². The van der Waals surface area contributed by atoms with E-state index in [1.165, 1.54) is 12.1 Å². The van der Waals surface area contributed by atoms with Gasteiger partial charge in [0.1, 0.15) is 16.8 Å². The second kappa shape index (κ2) is 5.90. The SMILES string of the molecule is N#Cc1ccc(Br)cc1Nc1cccc(Cl)c1[N+](=O)[O-]. The van der Waals surface area contributed by atoms with Crippen molar-refractivity contribution in [3.05, 3.63) is 61.6 Å². The van der Waals surface area contributed by atoms with E-state index in [0.29, 0.717) is 11.3 Å². The van der Waals surface area contributed by atoms with Crippen molar-refractivity contribution < 1.29 is 4.92 Å². The van der Waals surface area contributed by atoms with E-state index in [0.717, 1.165) is 4.47 Å². The van der Waals surface area contributed by atoms with Gasteiger partial charge >= 0.3 is 5.69 Å². The summed E-state index contributed by atoms with van der Waals surface area (Å²) in [7, 11) is 0. The lowest BCUT2D eigenvalue weighted by Gasteiger charge is -2.09. The zero-order valence-electron chi connectivity index (χ0n) is 9.93. The maximum Gasteiger partial charge on any atom is 0.311 e. The van der Waals surface area contributed by atoms with Gasteiger partial charge in [-0.15, -0.1) is 0 Å². The van der Waals surface area contributed by atoms with Crippen LogP contribution in [-0.2, 0) is 0 Å². The van der Waals surface area contributed by atoms with Crippen LogP contribution in [0.3, 0.4) is 0 Å². The number of hydrogen-bond donors (Lipinski definition) is 1. The summed E-state index contributed by atoms with van der Waals surface area (Å²) in [4.78, 5) is 10.5. The first-order valence-electron chi connectivity index (χ1n) is 5.42. The molecule has 2 rings (SSSR count). The van der Waals surface area contributed by atoms with E-state index in [2.05, 4.69) is 21.2 Å². The van der Waals surface area contributed by atoms with Gasteiger partial charge in [0.05, 0.1) is 16.2 Å². The van der Waals surface area contributed by atoms with E-state index in [-0.39, 0.29) is 16.4 Å². The van der Waals surface area contributed by atoms with Crippen LogP contribution in [0.5, 0.6) is 0 Å². The smallest absolute Gasteiger partial charge is 0.311 e. The summed E-state index contributed by atoms with van der Waals surface area (Å²) in [6.07, 6.45) is 0. The van der Waals surface area contributed by atoms with Crippen LogP contribution in [-0.4, -0.2) is 4.92 Å². The first-order chi connectivity index (χ1) is 9.52. The molecular weight excluding hydrogens is 346 g/mol. The summed E-state index contributed by atoms with van der Waals surface area (Å²) in [5.41, 5.74) is 0.852. The maximum atomic E-state index is 11.1. The molecule has 0 saturated heterocycles. The Morgan fingerprint density at radius 3 is 2.70 bits per heavy atom. The fraction of sp³-hybridized carbons (Fsp3) is 0. The molecule has 0 aromatic heterocycles. The lowest BCUT2D eigenvalue weighted by Crippen LogP contribution is -1.99. The molecule has 100 valence electrons. The second-order valence-corrected chi connectivity index (χ2v) is 5.14. The summed E-state index contributed by atoms with van der Waals surface area (Å²) in [6, 6.07) is 11.6. The van der Waals surface area contributed by atoms with Gasteiger partial charge < -0.3 is 5.32 Å². The molecule has 0 radical (unpaired) electrons. The van der Waals surface area contributed by atoms with Crippen molar-refractivity contribution >= 4 is 44.6 Å². The van der Waals surface area contributed by atoms with Gasteiger partial charge in [0.15, 0.2) is 0 Å². The van der Waals surface area contributed by atoms with E-state index < -0.39 is 4.92 Å². The Morgan fingerprint density at radius 1 is 1.30 bits per heavy atom. The molecule has 20 heavy (non-hydrogen) atoms. The molecule has 0 saturated carbocycles. The fourth-order valence-electron chi connectivity index (χ4n) is 1.66. The van der Waals surface area contributed by atoms with Crippen molar-refractivity contribution in [2.45, 2.75) is 0 Å². The first kappa shape index (κ1) is 14.3. The van der Waals surface area contributed by atoms with E-state index >= 15 is 0 Å². The minimum absolute atomic E-state index is 0.0357. The second-order valence-electron chi connectivity index (χ2n) is 3.82. The normalized spacial score (nSPS) is 9.85. The number of nitrogens with one attached hydrogen (secondary N) is 1. The number of anilines is 2. The standard InChI is InChI=1S/C13H7BrClN3O2/c14-9-5-4-8(7-16)12(6-9)17-11-3-1-2-10(15)13(11)18(19)20/h1-6,17H. The van der Waals surface area contributed by atoms with Crippen molar-refractivity contribution in [2.75, 3.05) is 5.32 Å². The molecule has 1 N–H and O–H groups in total. The van der Waals surface area contributed by atoms with Crippen LogP contribution >= 0.6 is 27.5 Å². The third-order valence-electron chi connectivity index (χ3n) is 2.54. The van der Waals surface area contributed by atoms with Crippen LogP contribution in [0.1, 0.15) is 5.56 Å². The van der Waals surface area contributed by atoms with Gasteiger partial charge in [-0.25, -0.2) is 0 Å². The number of para-hydroxylation sites is 1. The van der Waals surface area contributed by atoms with E-state index in [1.807, 2.05) is 6.07 Å². The summed E-state index contributed by atoms with van der Waals surface area (Å²) in [5, 5.41) is 23.0. The predicted octanol–water partition coefficient (Wildman–Crippen LogP) is 4.63.